The van der Waals surface area contributed by atoms with E-state index in [1.165, 1.54) is 0 Å². The maximum absolute atomic E-state index is 10.7. The van der Waals surface area contributed by atoms with Crippen molar-refractivity contribution in [3.8, 4) is 0 Å². The summed E-state index contributed by atoms with van der Waals surface area (Å²) >= 11 is 0. The van der Waals surface area contributed by atoms with Gasteiger partial charge in [-0.25, -0.2) is 0 Å². The van der Waals surface area contributed by atoms with Crippen molar-refractivity contribution >= 4 is 0 Å². The largest absolute Gasteiger partial charge is 0.396 e. The van der Waals surface area contributed by atoms with Crippen molar-refractivity contribution < 1.29 is 15.3 Å². The van der Waals surface area contributed by atoms with Gasteiger partial charge in [-0.15, -0.1) is 0 Å². The van der Waals surface area contributed by atoms with E-state index >= 15 is 0 Å². The Morgan fingerprint density at radius 2 is 1.83 bits per heavy atom. The Kier molecular flexibility index (Phi) is 2.66. The van der Waals surface area contributed by atoms with Crippen LogP contribution in [0.4, 0.5) is 0 Å². The van der Waals surface area contributed by atoms with Gasteiger partial charge in [-0.2, -0.15) is 0 Å². The summed E-state index contributed by atoms with van der Waals surface area (Å²) < 4.78 is 0. The van der Waals surface area contributed by atoms with Crippen LogP contribution in [0.5, 0.6) is 0 Å². The number of rotatable bonds is 1. The summed E-state index contributed by atoms with van der Waals surface area (Å²) in [5.41, 5.74) is -0.960. The molecule has 3 heteroatoms. The average Bonchev–Trinajstić information content (AvgIpc) is 2.71. The lowest BCUT2D eigenvalue weighted by Crippen LogP contribution is -2.48. The first-order valence-corrected chi connectivity index (χ1v) is 7.35. The van der Waals surface area contributed by atoms with Gasteiger partial charge in [-0.05, 0) is 54.8 Å². The summed E-state index contributed by atoms with van der Waals surface area (Å²) in [4.78, 5) is 0. The van der Waals surface area contributed by atoms with E-state index in [0.29, 0.717) is 30.1 Å². The molecule has 0 amide bonds. The Balaban J connectivity index is 1.97. The van der Waals surface area contributed by atoms with Crippen LogP contribution in [0.25, 0.3) is 0 Å². The molecular formula is C15H26O3. The molecule has 0 bridgehead atoms. The molecule has 0 saturated heterocycles. The van der Waals surface area contributed by atoms with Crippen LogP contribution < -0.4 is 0 Å². The summed E-state index contributed by atoms with van der Waals surface area (Å²) in [6.07, 6.45) is 2.16. The minimum Gasteiger partial charge on any atom is -0.396 e. The molecule has 104 valence electrons. The fourth-order valence-corrected chi connectivity index (χ4v) is 5.28. The highest BCUT2D eigenvalue weighted by atomic mass is 16.3. The number of fused-ring (bicyclic) bond motifs is 3. The van der Waals surface area contributed by atoms with Crippen LogP contribution in [0.3, 0.4) is 0 Å². The lowest BCUT2D eigenvalue weighted by atomic mass is 9.73. The van der Waals surface area contributed by atoms with Crippen LogP contribution in [0.1, 0.15) is 40.0 Å². The smallest absolute Gasteiger partial charge is 0.0908 e. The first-order chi connectivity index (χ1) is 8.34. The summed E-state index contributed by atoms with van der Waals surface area (Å²) in [7, 11) is 0. The molecule has 0 spiro atoms. The molecule has 3 aliphatic carbocycles. The highest BCUT2D eigenvalue weighted by Crippen LogP contribution is 2.71. The van der Waals surface area contributed by atoms with Gasteiger partial charge in [0.25, 0.3) is 0 Å². The second-order valence-corrected chi connectivity index (χ2v) is 7.51. The molecular weight excluding hydrogens is 228 g/mol. The number of aliphatic hydroxyl groups is 3. The van der Waals surface area contributed by atoms with E-state index < -0.39 is 11.7 Å². The molecule has 3 fully saturated rings. The van der Waals surface area contributed by atoms with E-state index in [4.69, 9.17) is 0 Å². The SMILES string of the molecule is CC1CCC2C1C1C(CC(O)C2(C)O)C1(C)CO. The van der Waals surface area contributed by atoms with E-state index in [-0.39, 0.29) is 17.9 Å². The molecule has 8 unspecified atom stereocenters. The molecule has 18 heavy (non-hydrogen) atoms. The topological polar surface area (TPSA) is 60.7 Å². The lowest BCUT2D eigenvalue weighted by molar-refractivity contribution is -0.114. The fourth-order valence-electron chi connectivity index (χ4n) is 5.28. The van der Waals surface area contributed by atoms with E-state index in [1.807, 2.05) is 6.92 Å². The van der Waals surface area contributed by atoms with E-state index in [9.17, 15) is 15.3 Å². The van der Waals surface area contributed by atoms with Crippen molar-refractivity contribution in [2.24, 2.45) is 35.0 Å². The number of aliphatic hydroxyl groups excluding tert-OH is 2. The maximum atomic E-state index is 10.7. The molecule has 3 N–H and O–H groups in total. The van der Waals surface area contributed by atoms with Crippen LogP contribution in [0.2, 0.25) is 0 Å². The normalized spacial score (nSPS) is 63.0. The molecule has 8 atom stereocenters. The monoisotopic (exact) mass is 254 g/mol. The van der Waals surface area contributed by atoms with Crippen molar-refractivity contribution in [3.63, 3.8) is 0 Å². The third-order valence-corrected chi connectivity index (χ3v) is 6.65. The first kappa shape index (κ1) is 12.9. The molecule has 0 aliphatic heterocycles. The van der Waals surface area contributed by atoms with Crippen molar-refractivity contribution in [2.45, 2.75) is 51.7 Å². The highest BCUT2D eigenvalue weighted by molar-refractivity contribution is 5.18. The molecule has 0 heterocycles. The van der Waals surface area contributed by atoms with Crippen molar-refractivity contribution in [3.05, 3.63) is 0 Å². The number of hydrogen-bond donors (Lipinski definition) is 3. The van der Waals surface area contributed by atoms with Crippen molar-refractivity contribution in [2.75, 3.05) is 6.61 Å². The summed E-state index contributed by atoms with van der Waals surface area (Å²) in [6, 6.07) is 0. The number of hydrogen-bond acceptors (Lipinski definition) is 3. The predicted molar refractivity (Wildman–Crippen MR) is 68.8 cm³/mol. The Labute approximate surface area is 109 Å². The molecule has 3 nitrogen and oxygen atoms in total. The summed E-state index contributed by atoms with van der Waals surface area (Å²) in [5.74, 6) is 2.16. The Hall–Kier alpha value is -0.120. The predicted octanol–water partition coefficient (Wildman–Crippen LogP) is 1.41. The third kappa shape index (κ3) is 1.41. The van der Waals surface area contributed by atoms with E-state index in [0.717, 1.165) is 12.8 Å². The van der Waals surface area contributed by atoms with Crippen LogP contribution in [0.15, 0.2) is 0 Å². The van der Waals surface area contributed by atoms with Crippen LogP contribution in [-0.2, 0) is 0 Å². The zero-order valence-corrected chi connectivity index (χ0v) is 11.6. The molecule has 3 saturated carbocycles. The molecule has 3 aliphatic rings. The van der Waals surface area contributed by atoms with Gasteiger partial charge in [0.1, 0.15) is 0 Å². The average molecular weight is 254 g/mol. The first-order valence-electron chi connectivity index (χ1n) is 7.35. The molecule has 3 rings (SSSR count). The van der Waals surface area contributed by atoms with Crippen LogP contribution in [0, 0.1) is 35.0 Å². The van der Waals surface area contributed by atoms with Gasteiger partial charge < -0.3 is 15.3 Å². The fraction of sp³-hybridized carbons (Fsp3) is 1.00. The Bertz CT molecular complexity index is 354. The highest BCUT2D eigenvalue weighted by Gasteiger charge is 2.70. The Morgan fingerprint density at radius 1 is 1.17 bits per heavy atom. The second kappa shape index (κ2) is 3.71. The van der Waals surface area contributed by atoms with Crippen LogP contribution in [-0.4, -0.2) is 33.6 Å². The van der Waals surface area contributed by atoms with Crippen LogP contribution >= 0.6 is 0 Å². The standard InChI is InChI=1S/C15H26O3/c1-8-4-5-9-12(8)13-10(14(13,2)7-16)6-11(17)15(9,3)18/h8-13,16-18H,4-7H2,1-3H3. The third-order valence-electron chi connectivity index (χ3n) is 6.65. The molecule has 0 aromatic heterocycles. The van der Waals surface area contributed by atoms with E-state index in [1.54, 1.807) is 0 Å². The van der Waals surface area contributed by atoms with Gasteiger partial charge in [0, 0.05) is 6.61 Å². The van der Waals surface area contributed by atoms with Crippen molar-refractivity contribution in [1.82, 2.24) is 0 Å². The Morgan fingerprint density at radius 3 is 2.44 bits per heavy atom. The zero-order chi connectivity index (χ0) is 13.3. The van der Waals surface area contributed by atoms with Crippen molar-refractivity contribution in [1.29, 1.82) is 0 Å². The molecule has 0 aromatic rings. The quantitative estimate of drug-likeness (QED) is 0.663. The minimum atomic E-state index is -0.945. The summed E-state index contributed by atoms with van der Waals surface area (Å²) in [5, 5.41) is 30.7. The van der Waals surface area contributed by atoms with Gasteiger partial charge in [-0.1, -0.05) is 20.3 Å². The van der Waals surface area contributed by atoms with Gasteiger partial charge in [0.15, 0.2) is 0 Å². The molecule has 0 aromatic carbocycles. The second-order valence-electron chi connectivity index (χ2n) is 7.51. The van der Waals surface area contributed by atoms with Gasteiger partial charge in [-0.3, -0.25) is 0 Å². The maximum Gasteiger partial charge on any atom is 0.0908 e. The minimum absolute atomic E-state index is 0.0149. The van der Waals surface area contributed by atoms with Gasteiger partial charge >= 0.3 is 0 Å². The van der Waals surface area contributed by atoms with Gasteiger partial charge in [0.2, 0.25) is 0 Å². The zero-order valence-electron chi connectivity index (χ0n) is 11.6. The lowest BCUT2D eigenvalue weighted by Gasteiger charge is -2.38. The van der Waals surface area contributed by atoms with E-state index in [2.05, 4.69) is 13.8 Å². The van der Waals surface area contributed by atoms with Gasteiger partial charge in [0.05, 0.1) is 11.7 Å². The molecule has 0 radical (unpaired) electrons. The summed E-state index contributed by atoms with van der Waals surface area (Å²) in [6.45, 7) is 6.45.